The third-order valence-electron chi connectivity index (χ3n) is 3.78. The Labute approximate surface area is 149 Å². The van der Waals surface area contributed by atoms with Crippen LogP contribution in [0.2, 0.25) is 5.02 Å². The fourth-order valence-electron chi connectivity index (χ4n) is 2.30. The first kappa shape index (κ1) is 18.4. The summed E-state index contributed by atoms with van der Waals surface area (Å²) in [6, 6.07) is 5.56. The van der Waals surface area contributed by atoms with Gasteiger partial charge >= 0.3 is 0 Å². The molecule has 0 saturated carbocycles. The van der Waals surface area contributed by atoms with Gasteiger partial charge in [-0.25, -0.2) is 0 Å². The van der Waals surface area contributed by atoms with Crippen LogP contribution in [0.25, 0.3) is 0 Å². The lowest BCUT2D eigenvalue weighted by molar-refractivity contribution is -0.384. The van der Waals surface area contributed by atoms with Crippen LogP contribution in [-0.2, 0) is 11.3 Å². The molecule has 1 atom stereocenters. The number of aryl methyl sites for hydroxylation is 1. The average molecular weight is 362 g/mol. The number of nitrogens with zero attached hydrogens (tertiary/aromatic N) is 4. The normalized spacial score (nSPS) is 11.6. The summed E-state index contributed by atoms with van der Waals surface area (Å²) in [5.41, 5.74) is 1.51. The smallest absolute Gasteiger partial charge is 0.270 e. The van der Waals surface area contributed by atoms with Gasteiger partial charge in [0.2, 0.25) is 5.91 Å². The molecule has 1 unspecified atom stereocenters. The summed E-state index contributed by atoms with van der Waals surface area (Å²) < 4.78 is 1.66. The van der Waals surface area contributed by atoms with E-state index in [9.17, 15) is 14.9 Å². The molecule has 1 aromatic carbocycles. The lowest BCUT2D eigenvalue weighted by Gasteiger charge is -2.14. The molecule has 0 bridgehead atoms. The van der Waals surface area contributed by atoms with E-state index in [1.165, 1.54) is 12.1 Å². The average Bonchev–Trinajstić information content (AvgIpc) is 2.81. The molecule has 9 heteroatoms. The van der Waals surface area contributed by atoms with Crippen LogP contribution in [0.15, 0.2) is 18.2 Å². The zero-order chi connectivity index (χ0) is 18.7. The number of benzene rings is 1. The lowest BCUT2D eigenvalue weighted by Crippen LogP contribution is -2.25. The van der Waals surface area contributed by atoms with Gasteiger partial charge in [0.1, 0.15) is 6.07 Å². The van der Waals surface area contributed by atoms with Crippen molar-refractivity contribution in [3.63, 3.8) is 0 Å². The van der Waals surface area contributed by atoms with E-state index in [2.05, 4.69) is 10.4 Å². The molecule has 0 spiro atoms. The molecule has 0 aliphatic carbocycles. The Morgan fingerprint density at radius 1 is 1.52 bits per heavy atom. The first-order valence-electron chi connectivity index (χ1n) is 7.43. The molecule has 1 aromatic heterocycles. The molecule has 25 heavy (non-hydrogen) atoms. The van der Waals surface area contributed by atoms with Gasteiger partial charge in [-0.15, -0.1) is 0 Å². The minimum Gasteiger partial charge on any atom is -0.325 e. The Balaban J connectivity index is 2.15. The number of non-ortho nitro benzene ring substituents is 1. The SMILES string of the molecule is Cc1nn(CC(C)C(=O)Nc2ccc([N+](=O)[O-])cc2C#N)c(C)c1Cl. The Morgan fingerprint density at radius 2 is 2.20 bits per heavy atom. The van der Waals surface area contributed by atoms with Gasteiger partial charge < -0.3 is 5.32 Å². The van der Waals surface area contributed by atoms with Crippen LogP contribution in [0.4, 0.5) is 11.4 Å². The number of nitro groups is 1. The summed E-state index contributed by atoms with van der Waals surface area (Å²) in [6.07, 6.45) is 0. The zero-order valence-electron chi connectivity index (χ0n) is 13.9. The second kappa shape index (κ2) is 7.32. The molecule has 0 fully saturated rings. The van der Waals surface area contributed by atoms with Crippen LogP contribution in [-0.4, -0.2) is 20.6 Å². The van der Waals surface area contributed by atoms with Gasteiger partial charge in [0, 0.05) is 12.1 Å². The van der Waals surface area contributed by atoms with Crippen molar-refractivity contribution in [2.45, 2.75) is 27.3 Å². The van der Waals surface area contributed by atoms with Crippen molar-refractivity contribution >= 4 is 28.9 Å². The quantitative estimate of drug-likeness (QED) is 0.648. The van der Waals surface area contributed by atoms with Gasteiger partial charge in [-0.1, -0.05) is 18.5 Å². The number of aromatic nitrogens is 2. The van der Waals surface area contributed by atoms with Crippen molar-refractivity contribution in [1.29, 1.82) is 5.26 Å². The standard InChI is InChI=1S/C16H16ClN5O3/c1-9(8-21-11(3)15(17)10(2)20-21)16(23)19-14-5-4-13(22(24)25)6-12(14)7-18/h4-6,9H,8H2,1-3H3,(H,19,23). The minimum atomic E-state index is -0.596. The van der Waals surface area contributed by atoms with E-state index >= 15 is 0 Å². The predicted octanol–water partition coefficient (Wildman–Crippen LogP) is 3.21. The highest BCUT2D eigenvalue weighted by molar-refractivity contribution is 6.31. The molecule has 0 aliphatic heterocycles. The molecule has 8 nitrogen and oxygen atoms in total. The number of anilines is 1. The molecule has 1 heterocycles. The molecule has 0 aliphatic rings. The highest BCUT2D eigenvalue weighted by Crippen LogP contribution is 2.23. The Kier molecular flexibility index (Phi) is 5.39. The minimum absolute atomic E-state index is 0.0314. The van der Waals surface area contributed by atoms with Crippen LogP contribution in [0.3, 0.4) is 0 Å². The van der Waals surface area contributed by atoms with Gasteiger partial charge in [-0.3, -0.25) is 19.6 Å². The number of carbonyl (C=O) groups excluding carboxylic acids is 1. The summed E-state index contributed by atoms with van der Waals surface area (Å²) in [6.45, 7) is 5.64. The van der Waals surface area contributed by atoms with Crippen molar-refractivity contribution in [3.8, 4) is 6.07 Å². The van der Waals surface area contributed by atoms with Gasteiger partial charge in [0.15, 0.2) is 0 Å². The van der Waals surface area contributed by atoms with Gasteiger partial charge in [-0.2, -0.15) is 10.4 Å². The number of nitriles is 1. The van der Waals surface area contributed by atoms with Gasteiger partial charge in [-0.05, 0) is 19.9 Å². The maximum Gasteiger partial charge on any atom is 0.270 e. The molecule has 2 aromatic rings. The maximum absolute atomic E-state index is 12.4. The highest BCUT2D eigenvalue weighted by Gasteiger charge is 2.19. The fourth-order valence-corrected chi connectivity index (χ4v) is 2.43. The second-order valence-electron chi connectivity index (χ2n) is 5.66. The third kappa shape index (κ3) is 3.95. The zero-order valence-corrected chi connectivity index (χ0v) is 14.7. The van der Waals surface area contributed by atoms with E-state index in [1.807, 2.05) is 13.0 Å². The summed E-state index contributed by atoms with van der Waals surface area (Å²) >= 11 is 6.10. The van der Waals surface area contributed by atoms with E-state index in [4.69, 9.17) is 16.9 Å². The fraction of sp³-hybridized carbons (Fsp3) is 0.312. The molecule has 2 rings (SSSR count). The van der Waals surface area contributed by atoms with Gasteiger partial charge in [0.05, 0.1) is 45.0 Å². The van der Waals surface area contributed by atoms with E-state index in [-0.39, 0.29) is 22.8 Å². The second-order valence-corrected chi connectivity index (χ2v) is 6.03. The predicted molar refractivity (Wildman–Crippen MR) is 92.3 cm³/mol. The number of rotatable bonds is 5. The number of amides is 1. The van der Waals surface area contributed by atoms with E-state index in [1.54, 1.807) is 18.5 Å². The number of nitrogens with one attached hydrogen (secondary N) is 1. The van der Waals surface area contributed by atoms with Crippen molar-refractivity contribution in [1.82, 2.24) is 9.78 Å². The van der Waals surface area contributed by atoms with E-state index < -0.39 is 10.8 Å². The molecule has 0 radical (unpaired) electrons. The van der Waals surface area contributed by atoms with Crippen LogP contribution in [0.1, 0.15) is 23.9 Å². The molecule has 0 saturated heterocycles. The van der Waals surface area contributed by atoms with Crippen LogP contribution in [0.5, 0.6) is 0 Å². The molecule has 1 N–H and O–H groups in total. The summed E-state index contributed by atoms with van der Waals surface area (Å²) in [5.74, 6) is -0.773. The summed E-state index contributed by atoms with van der Waals surface area (Å²) in [4.78, 5) is 22.5. The molecular formula is C16H16ClN5O3. The topological polar surface area (TPSA) is 114 Å². The van der Waals surface area contributed by atoms with Crippen molar-refractivity contribution in [3.05, 3.63) is 50.3 Å². The first-order chi connectivity index (χ1) is 11.7. The van der Waals surface area contributed by atoms with Crippen LogP contribution < -0.4 is 5.32 Å². The molecular weight excluding hydrogens is 346 g/mol. The first-order valence-corrected chi connectivity index (χ1v) is 7.81. The monoisotopic (exact) mass is 361 g/mol. The number of halogens is 1. The highest BCUT2D eigenvalue weighted by atomic mass is 35.5. The van der Waals surface area contributed by atoms with Gasteiger partial charge in [0.25, 0.3) is 5.69 Å². The summed E-state index contributed by atoms with van der Waals surface area (Å²) in [7, 11) is 0. The summed E-state index contributed by atoms with van der Waals surface area (Å²) in [5, 5.41) is 27.4. The largest absolute Gasteiger partial charge is 0.325 e. The maximum atomic E-state index is 12.4. The number of nitro benzene ring substituents is 1. The third-order valence-corrected chi connectivity index (χ3v) is 4.33. The number of carbonyl (C=O) groups is 1. The molecule has 130 valence electrons. The molecule has 1 amide bonds. The van der Waals surface area contributed by atoms with Crippen LogP contribution in [0, 0.1) is 41.2 Å². The number of hydrogen-bond donors (Lipinski definition) is 1. The van der Waals surface area contributed by atoms with Crippen LogP contribution >= 0.6 is 11.6 Å². The van der Waals surface area contributed by atoms with Crippen molar-refractivity contribution < 1.29 is 9.72 Å². The lowest BCUT2D eigenvalue weighted by atomic mass is 10.1. The number of hydrogen-bond acceptors (Lipinski definition) is 5. The van der Waals surface area contributed by atoms with E-state index in [0.717, 1.165) is 11.8 Å². The van der Waals surface area contributed by atoms with Crippen molar-refractivity contribution in [2.75, 3.05) is 5.32 Å². The Bertz CT molecular complexity index is 885. The van der Waals surface area contributed by atoms with Crippen molar-refractivity contribution in [2.24, 2.45) is 5.92 Å². The Morgan fingerprint density at radius 3 is 2.72 bits per heavy atom. The van der Waals surface area contributed by atoms with E-state index in [0.29, 0.717) is 17.3 Å². The Hall–Kier alpha value is -2.92.